The molecule has 4 heterocycles. The van der Waals surface area contributed by atoms with Crippen molar-refractivity contribution in [3.63, 3.8) is 0 Å². The first-order valence-corrected chi connectivity index (χ1v) is 12.1. The second-order valence-corrected chi connectivity index (χ2v) is 9.30. The lowest BCUT2D eigenvalue weighted by atomic mass is 10.1. The maximum absolute atomic E-state index is 11.5. The molecule has 2 aliphatic rings. The van der Waals surface area contributed by atoms with Crippen LogP contribution in [0.2, 0.25) is 0 Å². The van der Waals surface area contributed by atoms with Crippen molar-refractivity contribution in [3.05, 3.63) is 63.0 Å². The Bertz CT molecular complexity index is 1570. The van der Waals surface area contributed by atoms with Crippen LogP contribution in [0.25, 0.3) is 11.7 Å². The number of H-pyrrole nitrogens is 2. The highest BCUT2D eigenvalue weighted by molar-refractivity contribution is 5.58. The topological polar surface area (TPSA) is 143 Å². The van der Waals surface area contributed by atoms with E-state index in [1.807, 2.05) is 6.07 Å². The largest absolute Gasteiger partial charge is 0.493 e. The van der Waals surface area contributed by atoms with Crippen LogP contribution in [0.5, 0.6) is 5.88 Å². The Morgan fingerprint density at radius 2 is 1.97 bits per heavy atom. The molecule has 12 nitrogen and oxygen atoms in total. The van der Waals surface area contributed by atoms with Crippen molar-refractivity contribution >= 4 is 23.4 Å². The zero-order valence-electron chi connectivity index (χ0n) is 20.0. The Hall–Kier alpha value is -4.19. The van der Waals surface area contributed by atoms with E-state index in [2.05, 4.69) is 60.4 Å². The van der Waals surface area contributed by atoms with Gasteiger partial charge in [-0.2, -0.15) is 19.6 Å². The van der Waals surface area contributed by atoms with Crippen molar-refractivity contribution in [1.82, 2.24) is 34.4 Å². The van der Waals surface area contributed by atoms with Crippen molar-refractivity contribution in [2.24, 2.45) is 4.99 Å². The van der Waals surface area contributed by atoms with E-state index >= 15 is 0 Å². The summed E-state index contributed by atoms with van der Waals surface area (Å²) in [6, 6.07) is 8.65. The van der Waals surface area contributed by atoms with Crippen molar-refractivity contribution in [1.29, 1.82) is 0 Å². The monoisotopic (exact) mass is 488 g/mol. The Morgan fingerprint density at radius 1 is 1.17 bits per heavy atom. The van der Waals surface area contributed by atoms with Crippen molar-refractivity contribution in [2.75, 3.05) is 43.4 Å². The van der Waals surface area contributed by atoms with Crippen LogP contribution in [0.3, 0.4) is 0 Å². The van der Waals surface area contributed by atoms with Crippen LogP contribution in [0.15, 0.2) is 40.2 Å². The normalized spacial score (nSPS) is 17.9. The summed E-state index contributed by atoms with van der Waals surface area (Å²) in [6.07, 6.45) is 5.31. The van der Waals surface area contributed by atoms with E-state index in [4.69, 9.17) is 9.98 Å². The molecule has 4 N–H and O–H groups in total. The Kier molecular flexibility index (Phi) is 5.64. The molecule has 1 saturated heterocycles. The van der Waals surface area contributed by atoms with Gasteiger partial charge in [-0.05, 0) is 37.6 Å². The molecule has 12 heteroatoms. The number of hydrogen-bond donors (Lipinski definition) is 4. The molecule has 0 unspecified atom stereocenters. The third kappa shape index (κ3) is 4.54. The van der Waals surface area contributed by atoms with E-state index in [1.165, 1.54) is 11.3 Å². The molecule has 1 saturated carbocycles. The summed E-state index contributed by atoms with van der Waals surface area (Å²) < 4.78 is 1.59. The number of piperazine rings is 1. The standard InChI is InChI=1S/C24H28N10O2/c1-32-8-10-33(11-9-32)19-5-3-2-4-15(19)13-25-22-29-20-16(12-18-21(35)30-24(36)28-18)14-26-34(20)23(31-22)27-17-6-7-17/h2-5,12,14,17,35H,6-11,13H2,1H3,(H,25,27,31)(H2,28,30,36)/b16-12-. The van der Waals surface area contributed by atoms with Crippen LogP contribution in [-0.4, -0.2) is 78.8 Å². The summed E-state index contributed by atoms with van der Waals surface area (Å²) in [5.74, 6) is 0.201. The van der Waals surface area contributed by atoms with E-state index in [1.54, 1.807) is 16.8 Å². The van der Waals surface area contributed by atoms with Gasteiger partial charge in [0.2, 0.25) is 11.8 Å². The maximum Gasteiger partial charge on any atom is 0.326 e. The minimum atomic E-state index is -0.490. The van der Waals surface area contributed by atoms with Crippen LogP contribution in [0.1, 0.15) is 24.1 Å². The van der Waals surface area contributed by atoms with Gasteiger partial charge in [-0.1, -0.05) is 18.2 Å². The van der Waals surface area contributed by atoms with Gasteiger partial charge in [-0.15, -0.1) is 0 Å². The highest BCUT2D eigenvalue weighted by Crippen LogP contribution is 2.23. The van der Waals surface area contributed by atoms with Gasteiger partial charge in [-0.3, -0.25) is 4.98 Å². The van der Waals surface area contributed by atoms with E-state index in [9.17, 15) is 9.90 Å². The van der Waals surface area contributed by atoms with Crippen LogP contribution in [-0.2, 0) is 6.54 Å². The maximum atomic E-state index is 11.5. The number of nitrogens with zero attached hydrogens (tertiary/aromatic N) is 7. The Morgan fingerprint density at radius 3 is 2.72 bits per heavy atom. The first-order valence-electron chi connectivity index (χ1n) is 12.1. The first-order chi connectivity index (χ1) is 17.5. The fourth-order valence-corrected chi connectivity index (χ4v) is 4.35. The average molecular weight is 489 g/mol. The fourth-order valence-electron chi connectivity index (χ4n) is 4.35. The first kappa shape index (κ1) is 22.3. The van der Waals surface area contributed by atoms with Crippen molar-refractivity contribution in [3.8, 4) is 5.88 Å². The lowest BCUT2D eigenvalue weighted by molar-refractivity contribution is 0.312. The van der Waals surface area contributed by atoms with Gasteiger partial charge < -0.3 is 25.2 Å². The number of likely N-dealkylation sites (N-methyl/N-ethyl adjacent to an activating group) is 1. The van der Waals surface area contributed by atoms with Crippen LogP contribution >= 0.6 is 0 Å². The van der Waals surface area contributed by atoms with E-state index in [0.717, 1.165) is 39.0 Å². The van der Waals surface area contributed by atoms with Gasteiger partial charge in [0.05, 0.1) is 12.2 Å². The van der Waals surface area contributed by atoms with Crippen LogP contribution in [0.4, 0.5) is 11.6 Å². The number of rotatable bonds is 6. The second kappa shape index (κ2) is 9.11. The molecule has 0 spiro atoms. The molecule has 0 bridgehead atoms. The van der Waals surface area contributed by atoms with Crippen molar-refractivity contribution < 1.29 is 5.11 Å². The number of para-hydroxylation sites is 1. The summed E-state index contributed by atoms with van der Waals surface area (Å²) in [5, 5.41) is 18.4. The molecular formula is C24H28N10O2. The van der Waals surface area contributed by atoms with Crippen molar-refractivity contribution in [2.45, 2.75) is 25.4 Å². The molecule has 36 heavy (non-hydrogen) atoms. The van der Waals surface area contributed by atoms with Gasteiger partial charge in [0, 0.05) is 43.6 Å². The number of aromatic amines is 2. The molecule has 4 aromatic rings. The lowest BCUT2D eigenvalue weighted by Crippen LogP contribution is -2.44. The number of imidazole rings is 1. The van der Waals surface area contributed by atoms with Crippen LogP contribution in [0, 0.1) is 0 Å². The van der Waals surface area contributed by atoms with E-state index in [0.29, 0.717) is 29.0 Å². The number of benzene rings is 1. The lowest BCUT2D eigenvalue weighted by Gasteiger charge is -2.35. The molecular weight excluding hydrogens is 460 g/mol. The summed E-state index contributed by atoms with van der Waals surface area (Å²) >= 11 is 0. The molecule has 3 aromatic heterocycles. The number of aromatic nitrogens is 6. The average Bonchev–Trinajstić information content (AvgIpc) is 3.51. The van der Waals surface area contributed by atoms with Crippen LogP contribution < -0.4 is 26.7 Å². The third-order valence-electron chi connectivity index (χ3n) is 6.53. The molecule has 0 radical (unpaired) electrons. The smallest absolute Gasteiger partial charge is 0.326 e. The summed E-state index contributed by atoms with van der Waals surface area (Å²) in [5.41, 5.74) is 3.15. The number of anilines is 2. The summed E-state index contributed by atoms with van der Waals surface area (Å²) in [7, 11) is 2.15. The number of fused-ring (bicyclic) bond motifs is 1. The van der Waals surface area contributed by atoms with E-state index < -0.39 is 5.69 Å². The molecule has 1 aromatic carbocycles. The molecule has 1 aliphatic heterocycles. The minimum absolute atomic E-state index is 0.241. The summed E-state index contributed by atoms with van der Waals surface area (Å²) in [4.78, 5) is 35.3. The molecule has 6 rings (SSSR count). The van der Waals surface area contributed by atoms with Gasteiger partial charge >= 0.3 is 5.69 Å². The quantitative estimate of drug-likeness (QED) is 0.293. The van der Waals surface area contributed by atoms with Gasteiger partial charge in [0.15, 0.2) is 5.65 Å². The van der Waals surface area contributed by atoms with Gasteiger partial charge in [-0.25, -0.2) is 9.79 Å². The molecule has 2 fully saturated rings. The molecule has 0 amide bonds. The highest BCUT2D eigenvalue weighted by atomic mass is 16.3. The zero-order valence-corrected chi connectivity index (χ0v) is 20.0. The van der Waals surface area contributed by atoms with Gasteiger partial charge in [0.25, 0.3) is 5.62 Å². The number of nitrogens with one attached hydrogen (secondary N) is 3. The molecule has 0 atom stereocenters. The number of hydrogen-bond acceptors (Lipinski definition) is 9. The fraction of sp³-hybridized carbons (Fsp3) is 0.375. The summed E-state index contributed by atoms with van der Waals surface area (Å²) in [6.45, 7) is 4.61. The minimum Gasteiger partial charge on any atom is -0.493 e. The Balaban J connectivity index is 1.35. The molecule has 186 valence electrons. The number of aromatic hydroxyl groups is 1. The zero-order chi connectivity index (χ0) is 24.6. The highest BCUT2D eigenvalue weighted by Gasteiger charge is 2.21. The predicted molar refractivity (Wildman–Crippen MR) is 135 cm³/mol. The Labute approximate surface area is 206 Å². The second-order valence-electron chi connectivity index (χ2n) is 9.30. The predicted octanol–water partition coefficient (Wildman–Crippen LogP) is -0.179. The molecule has 1 aliphatic carbocycles. The van der Waals surface area contributed by atoms with E-state index in [-0.39, 0.29) is 17.6 Å². The SMILES string of the molecule is CN1CCN(c2ccccc2CNc2nc(=NC3CC3)n3nc/c(=C/c4[nH]c(=O)[nH]c4O)c3n2)CC1. The van der Waals surface area contributed by atoms with Gasteiger partial charge in [0.1, 0.15) is 5.69 Å². The third-order valence-corrected chi connectivity index (χ3v) is 6.53.